The third-order valence-corrected chi connectivity index (χ3v) is 7.45. The molecule has 8 heteroatoms. The highest BCUT2D eigenvalue weighted by atomic mass is 16.6. The van der Waals surface area contributed by atoms with Gasteiger partial charge in [0, 0.05) is 38.0 Å². The molecule has 1 amide bonds. The van der Waals surface area contributed by atoms with Crippen LogP contribution in [0.3, 0.4) is 0 Å². The van der Waals surface area contributed by atoms with E-state index >= 15 is 0 Å². The van der Waals surface area contributed by atoms with Gasteiger partial charge in [0.25, 0.3) is 0 Å². The van der Waals surface area contributed by atoms with Crippen LogP contribution in [-0.2, 0) is 27.4 Å². The first-order valence-corrected chi connectivity index (χ1v) is 15.1. The number of ether oxygens (including phenoxy) is 3. The van der Waals surface area contributed by atoms with Crippen LogP contribution < -0.4 is 5.32 Å². The van der Waals surface area contributed by atoms with E-state index in [-0.39, 0.29) is 18.1 Å². The van der Waals surface area contributed by atoms with Crippen molar-refractivity contribution in [3.8, 4) is 0 Å². The van der Waals surface area contributed by atoms with Gasteiger partial charge in [-0.15, -0.1) is 0 Å². The second-order valence-electron chi connectivity index (χ2n) is 12.0. The molecule has 2 unspecified atom stereocenters. The summed E-state index contributed by atoms with van der Waals surface area (Å²) in [4.78, 5) is 23.8. The number of rotatable bonds is 11. The van der Waals surface area contributed by atoms with E-state index in [1.165, 1.54) is 16.3 Å². The van der Waals surface area contributed by atoms with Crippen molar-refractivity contribution in [3.05, 3.63) is 102 Å². The molecule has 1 saturated heterocycles. The third-order valence-electron chi connectivity index (χ3n) is 7.45. The van der Waals surface area contributed by atoms with Gasteiger partial charge in [0.05, 0.1) is 25.9 Å². The van der Waals surface area contributed by atoms with Crippen molar-refractivity contribution in [2.75, 3.05) is 31.6 Å². The van der Waals surface area contributed by atoms with Crippen LogP contribution in [0.25, 0.3) is 10.8 Å². The molecule has 0 spiro atoms. The summed E-state index contributed by atoms with van der Waals surface area (Å²) in [5, 5.41) is 5.66. The van der Waals surface area contributed by atoms with Crippen LogP contribution >= 0.6 is 0 Å². The van der Waals surface area contributed by atoms with Crippen LogP contribution in [0.15, 0.2) is 85.2 Å². The number of amides is 1. The molecule has 1 aromatic heterocycles. The molecule has 3 aromatic carbocycles. The Labute approximate surface area is 254 Å². The maximum absolute atomic E-state index is 12.9. The van der Waals surface area contributed by atoms with Crippen LogP contribution in [0.1, 0.15) is 56.2 Å². The number of aromatic nitrogens is 2. The number of benzene rings is 3. The van der Waals surface area contributed by atoms with E-state index in [0.717, 1.165) is 30.5 Å². The van der Waals surface area contributed by atoms with Gasteiger partial charge >= 0.3 is 6.09 Å². The lowest BCUT2D eigenvalue weighted by atomic mass is 9.88. The number of piperidine rings is 1. The summed E-state index contributed by atoms with van der Waals surface area (Å²) in [5.74, 6) is 0.645. The van der Waals surface area contributed by atoms with Crippen molar-refractivity contribution in [3.63, 3.8) is 0 Å². The minimum atomic E-state index is -0.555. The van der Waals surface area contributed by atoms with Crippen molar-refractivity contribution in [2.24, 2.45) is 0 Å². The molecule has 2 atom stereocenters. The van der Waals surface area contributed by atoms with E-state index in [4.69, 9.17) is 14.2 Å². The molecule has 4 aromatic rings. The molecule has 2 heterocycles. The summed E-state index contributed by atoms with van der Waals surface area (Å²) in [5.41, 5.74) is 2.71. The summed E-state index contributed by atoms with van der Waals surface area (Å²) >= 11 is 0. The highest BCUT2D eigenvalue weighted by molar-refractivity contribution is 5.82. The molecule has 0 radical (unpaired) electrons. The van der Waals surface area contributed by atoms with Crippen LogP contribution in [0, 0.1) is 0 Å². The second-order valence-corrected chi connectivity index (χ2v) is 12.0. The fourth-order valence-electron chi connectivity index (χ4n) is 5.25. The molecule has 0 saturated carbocycles. The highest BCUT2D eigenvalue weighted by Crippen LogP contribution is 2.32. The number of hydrogen-bond acceptors (Lipinski definition) is 7. The molecule has 0 bridgehead atoms. The Morgan fingerprint density at radius 2 is 1.67 bits per heavy atom. The van der Waals surface area contributed by atoms with Crippen molar-refractivity contribution in [1.29, 1.82) is 0 Å². The SMILES string of the molecule is CC(C)(C)OC(=O)N1CCC(c2cnc(NCCCOCc3ccccc3)nc2)C(OCc2ccc3ccccc3c2)C1. The summed E-state index contributed by atoms with van der Waals surface area (Å²) in [6.07, 6.45) is 4.80. The highest BCUT2D eigenvalue weighted by Gasteiger charge is 2.35. The van der Waals surface area contributed by atoms with Gasteiger partial charge in [0.1, 0.15) is 5.60 Å². The Morgan fingerprint density at radius 3 is 2.44 bits per heavy atom. The Hall–Kier alpha value is -4.01. The lowest BCUT2D eigenvalue weighted by Crippen LogP contribution is -2.48. The molecule has 0 aliphatic carbocycles. The maximum Gasteiger partial charge on any atom is 0.410 e. The molecule has 43 heavy (non-hydrogen) atoms. The number of fused-ring (bicyclic) bond motifs is 1. The Bertz CT molecular complexity index is 1460. The van der Waals surface area contributed by atoms with E-state index in [1.54, 1.807) is 4.90 Å². The molecule has 5 rings (SSSR count). The molecule has 226 valence electrons. The molecule has 1 aliphatic rings. The first-order valence-electron chi connectivity index (χ1n) is 15.1. The van der Waals surface area contributed by atoms with Gasteiger partial charge < -0.3 is 24.4 Å². The van der Waals surface area contributed by atoms with Crippen LogP contribution in [0.4, 0.5) is 10.7 Å². The Morgan fingerprint density at radius 1 is 0.930 bits per heavy atom. The number of carbonyl (C=O) groups is 1. The largest absolute Gasteiger partial charge is 0.444 e. The number of nitrogens with zero attached hydrogens (tertiary/aromatic N) is 3. The maximum atomic E-state index is 12.9. The molecule has 1 N–H and O–H groups in total. The van der Waals surface area contributed by atoms with E-state index in [9.17, 15) is 4.79 Å². The Balaban J connectivity index is 1.18. The van der Waals surface area contributed by atoms with Gasteiger partial charge in [0.15, 0.2) is 0 Å². The second kappa shape index (κ2) is 14.4. The van der Waals surface area contributed by atoms with Gasteiger partial charge in [-0.1, -0.05) is 66.7 Å². The molecule has 8 nitrogen and oxygen atoms in total. The van der Waals surface area contributed by atoms with Gasteiger partial charge in [-0.05, 0) is 67.1 Å². The minimum absolute atomic E-state index is 0.0552. The Kier molecular flexibility index (Phi) is 10.2. The molecule has 1 fully saturated rings. The van der Waals surface area contributed by atoms with Gasteiger partial charge in [0.2, 0.25) is 5.95 Å². The van der Waals surface area contributed by atoms with Crippen molar-refractivity contribution < 1.29 is 19.0 Å². The number of likely N-dealkylation sites (tertiary alicyclic amines) is 1. The van der Waals surface area contributed by atoms with E-state index in [2.05, 4.69) is 57.7 Å². The van der Waals surface area contributed by atoms with Crippen LogP contribution in [0.2, 0.25) is 0 Å². The first-order chi connectivity index (χ1) is 20.8. The zero-order valence-electron chi connectivity index (χ0n) is 25.4. The summed E-state index contributed by atoms with van der Waals surface area (Å²) in [7, 11) is 0. The lowest BCUT2D eigenvalue weighted by molar-refractivity contribution is -0.0360. The summed E-state index contributed by atoms with van der Waals surface area (Å²) in [6, 6.07) is 24.8. The smallest absolute Gasteiger partial charge is 0.410 e. The molecular weight excluding hydrogens is 540 g/mol. The van der Waals surface area contributed by atoms with E-state index in [0.29, 0.717) is 38.9 Å². The standard InChI is InChI=1S/C35H42N4O4/c1-35(2,3)43-34(40)39-18-16-31(32(23-39)42-25-27-14-15-28-12-7-8-13-29(28)20-27)30-21-37-33(38-22-30)36-17-9-19-41-24-26-10-5-4-6-11-26/h4-8,10-15,20-22,31-32H,9,16-19,23-25H2,1-3H3,(H,36,37,38). The normalized spacial score (nSPS) is 17.1. The van der Waals surface area contributed by atoms with Crippen LogP contribution in [0.5, 0.6) is 0 Å². The van der Waals surface area contributed by atoms with Crippen LogP contribution in [-0.4, -0.2) is 58.9 Å². The van der Waals surface area contributed by atoms with Gasteiger partial charge in [-0.2, -0.15) is 0 Å². The zero-order chi connectivity index (χ0) is 30.1. The number of nitrogens with one attached hydrogen (secondary N) is 1. The van der Waals surface area contributed by atoms with Crippen molar-refractivity contribution >= 4 is 22.8 Å². The average molecular weight is 583 g/mol. The van der Waals surface area contributed by atoms with Crippen molar-refractivity contribution in [2.45, 2.75) is 64.4 Å². The topological polar surface area (TPSA) is 85.8 Å². The quantitative estimate of drug-likeness (QED) is 0.191. The fourth-order valence-corrected chi connectivity index (χ4v) is 5.25. The molecular formula is C35H42N4O4. The average Bonchev–Trinajstić information content (AvgIpc) is 3.01. The third kappa shape index (κ3) is 8.99. The monoisotopic (exact) mass is 582 g/mol. The molecule has 1 aliphatic heterocycles. The number of anilines is 1. The van der Waals surface area contributed by atoms with Crippen molar-refractivity contribution in [1.82, 2.24) is 14.9 Å². The van der Waals surface area contributed by atoms with Gasteiger partial charge in [-0.3, -0.25) is 0 Å². The van der Waals surface area contributed by atoms with E-state index in [1.807, 2.05) is 63.5 Å². The summed E-state index contributed by atoms with van der Waals surface area (Å²) in [6.45, 7) is 9.12. The summed E-state index contributed by atoms with van der Waals surface area (Å²) < 4.78 is 18.0. The number of carbonyl (C=O) groups excluding carboxylic acids is 1. The fraction of sp³-hybridized carbons (Fsp3) is 0.400. The predicted octanol–water partition coefficient (Wildman–Crippen LogP) is 6.96. The van der Waals surface area contributed by atoms with E-state index < -0.39 is 5.60 Å². The lowest BCUT2D eigenvalue weighted by Gasteiger charge is -2.39. The first kappa shape index (κ1) is 30.4. The number of hydrogen-bond donors (Lipinski definition) is 1. The van der Waals surface area contributed by atoms with Gasteiger partial charge in [-0.25, -0.2) is 14.8 Å². The minimum Gasteiger partial charge on any atom is -0.444 e. The predicted molar refractivity (Wildman–Crippen MR) is 169 cm³/mol. The zero-order valence-corrected chi connectivity index (χ0v) is 25.4.